The molecule has 84 valence electrons. The molecule has 4 heteroatoms. The molecular formula is C12H14FN3. The van der Waals surface area contributed by atoms with Crippen LogP contribution in [0.1, 0.15) is 6.92 Å². The molecule has 0 fully saturated rings. The van der Waals surface area contributed by atoms with Crippen LogP contribution >= 0.6 is 0 Å². The predicted molar refractivity (Wildman–Crippen MR) is 63.8 cm³/mol. The maximum Gasteiger partial charge on any atom is 0.126 e. The Morgan fingerprint density at radius 3 is 2.88 bits per heavy atom. The molecule has 0 saturated heterocycles. The van der Waals surface area contributed by atoms with Crippen molar-refractivity contribution in [2.75, 3.05) is 11.9 Å². The summed E-state index contributed by atoms with van der Waals surface area (Å²) in [4.78, 5) is 4.30. The van der Waals surface area contributed by atoms with E-state index in [1.54, 1.807) is 6.07 Å². The number of pyridine rings is 1. The van der Waals surface area contributed by atoms with E-state index in [2.05, 4.69) is 10.3 Å². The van der Waals surface area contributed by atoms with Gasteiger partial charge in [-0.1, -0.05) is 0 Å². The van der Waals surface area contributed by atoms with Gasteiger partial charge in [0.15, 0.2) is 0 Å². The number of benzene rings is 1. The van der Waals surface area contributed by atoms with Crippen LogP contribution in [-0.4, -0.2) is 17.6 Å². The molecule has 0 aliphatic rings. The smallest absolute Gasteiger partial charge is 0.126 e. The second-order valence-corrected chi connectivity index (χ2v) is 3.89. The van der Waals surface area contributed by atoms with Gasteiger partial charge < -0.3 is 11.1 Å². The molecule has 1 aromatic carbocycles. The lowest BCUT2D eigenvalue weighted by molar-refractivity contribution is 0.629. The topological polar surface area (TPSA) is 50.9 Å². The molecule has 0 spiro atoms. The van der Waals surface area contributed by atoms with Crippen molar-refractivity contribution in [1.82, 2.24) is 4.98 Å². The molecule has 2 rings (SSSR count). The maximum absolute atomic E-state index is 13.0. The second kappa shape index (κ2) is 4.45. The number of hydrogen-bond acceptors (Lipinski definition) is 3. The van der Waals surface area contributed by atoms with Crippen molar-refractivity contribution in [1.29, 1.82) is 0 Å². The van der Waals surface area contributed by atoms with Gasteiger partial charge >= 0.3 is 0 Å². The van der Waals surface area contributed by atoms with Gasteiger partial charge in [-0.2, -0.15) is 0 Å². The van der Waals surface area contributed by atoms with Crippen molar-refractivity contribution in [2.24, 2.45) is 5.73 Å². The van der Waals surface area contributed by atoms with E-state index in [1.165, 1.54) is 12.1 Å². The Labute approximate surface area is 93.5 Å². The molecule has 0 aliphatic carbocycles. The Morgan fingerprint density at radius 1 is 1.38 bits per heavy atom. The minimum atomic E-state index is -0.274. The lowest BCUT2D eigenvalue weighted by atomic mass is 10.2. The minimum absolute atomic E-state index is 0.0602. The third-order valence-electron chi connectivity index (χ3n) is 2.26. The SMILES string of the molecule is CC(N)CNc1ccc2ccc(F)cc2n1. The van der Waals surface area contributed by atoms with Crippen LogP contribution in [0.3, 0.4) is 0 Å². The average molecular weight is 219 g/mol. The lowest BCUT2D eigenvalue weighted by Gasteiger charge is -2.08. The second-order valence-electron chi connectivity index (χ2n) is 3.89. The standard InChI is InChI=1S/C12H14FN3/c1-8(14)7-15-12-5-3-9-2-4-10(13)6-11(9)16-12/h2-6,8H,7,14H2,1H3,(H,15,16). The molecule has 1 heterocycles. The van der Waals surface area contributed by atoms with Gasteiger partial charge in [0, 0.05) is 24.0 Å². The number of anilines is 1. The van der Waals surface area contributed by atoms with Crippen LogP contribution in [0, 0.1) is 5.82 Å². The van der Waals surface area contributed by atoms with Crippen LogP contribution in [0.15, 0.2) is 30.3 Å². The number of aromatic nitrogens is 1. The number of fused-ring (bicyclic) bond motifs is 1. The number of nitrogens with two attached hydrogens (primary N) is 1. The van der Waals surface area contributed by atoms with E-state index in [0.29, 0.717) is 12.1 Å². The van der Waals surface area contributed by atoms with Crippen LogP contribution in [0.5, 0.6) is 0 Å². The number of rotatable bonds is 3. The highest BCUT2D eigenvalue weighted by atomic mass is 19.1. The first-order chi connectivity index (χ1) is 7.65. The molecular weight excluding hydrogens is 205 g/mol. The summed E-state index contributed by atoms with van der Waals surface area (Å²) in [6.07, 6.45) is 0. The van der Waals surface area contributed by atoms with Crippen LogP contribution in [0.4, 0.5) is 10.2 Å². The number of nitrogens with zero attached hydrogens (tertiary/aromatic N) is 1. The summed E-state index contributed by atoms with van der Waals surface area (Å²) in [6, 6.07) is 8.40. The molecule has 0 amide bonds. The summed E-state index contributed by atoms with van der Waals surface area (Å²) in [7, 11) is 0. The number of nitrogens with one attached hydrogen (secondary N) is 1. The Kier molecular flexibility index (Phi) is 3.01. The molecule has 3 nitrogen and oxygen atoms in total. The van der Waals surface area contributed by atoms with Gasteiger partial charge in [-0.25, -0.2) is 9.37 Å². The first kappa shape index (κ1) is 10.8. The van der Waals surface area contributed by atoms with Crippen LogP contribution < -0.4 is 11.1 Å². The normalized spacial score (nSPS) is 12.7. The fourth-order valence-electron chi connectivity index (χ4n) is 1.45. The molecule has 16 heavy (non-hydrogen) atoms. The first-order valence-corrected chi connectivity index (χ1v) is 5.21. The monoisotopic (exact) mass is 219 g/mol. The summed E-state index contributed by atoms with van der Waals surface area (Å²) in [5, 5.41) is 4.02. The highest BCUT2D eigenvalue weighted by molar-refractivity contribution is 5.80. The average Bonchev–Trinajstić information content (AvgIpc) is 2.25. The van der Waals surface area contributed by atoms with Crippen molar-refractivity contribution in [2.45, 2.75) is 13.0 Å². The molecule has 2 aromatic rings. The first-order valence-electron chi connectivity index (χ1n) is 5.21. The molecule has 1 aromatic heterocycles. The quantitative estimate of drug-likeness (QED) is 0.831. The van der Waals surface area contributed by atoms with E-state index < -0.39 is 0 Å². The van der Waals surface area contributed by atoms with E-state index in [4.69, 9.17) is 5.73 Å². The van der Waals surface area contributed by atoms with Gasteiger partial charge in [0.25, 0.3) is 0 Å². The van der Waals surface area contributed by atoms with Crippen molar-refractivity contribution in [3.63, 3.8) is 0 Å². The zero-order valence-corrected chi connectivity index (χ0v) is 9.07. The Bertz CT molecular complexity index is 497. The largest absolute Gasteiger partial charge is 0.369 e. The zero-order chi connectivity index (χ0) is 11.5. The van der Waals surface area contributed by atoms with Gasteiger partial charge in [-0.15, -0.1) is 0 Å². The highest BCUT2D eigenvalue weighted by Crippen LogP contribution is 2.16. The molecule has 0 saturated carbocycles. The summed E-state index contributed by atoms with van der Waals surface area (Å²) in [6.45, 7) is 2.56. The zero-order valence-electron chi connectivity index (χ0n) is 9.07. The van der Waals surface area contributed by atoms with Crippen molar-refractivity contribution >= 4 is 16.7 Å². The van der Waals surface area contributed by atoms with Crippen molar-refractivity contribution in [3.05, 3.63) is 36.1 Å². The van der Waals surface area contributed by atoms with Crippen LogP contribution in [0.25, 0.3) is 10.9 Å². The van der Waals surface area contributed by atoms with Crippen LogP contribution in [0.2, 0.25) is 0 Å². The van der Waals surface area contributed by atoms with Crippen molar-refractivity contribution < 1.29 is 4.39 Å². The highest BCUT2D eigenvalue weighted by Gasteiger charge is 2.00. The molecule has 3 N–H and O–H groups in total. The van der Waals surface area contributed by atoms with E-state index in [9.17, 15) is 4.39 Å². The van der Waals surface area contributed by atoms with Gasteiger partial charge in [0.05, 0.1) is 5.52 Å². The summed E-state index contributed by atoms with van der Waals surface area (Å²) in [5.74, 6) is 0.444. The Balaban J connectivity index is 2.28. The molecule has 1 unspecified atom stereocenters. The maximum atomic E-state index is 13.0. The third kappa shape index (κ3) is 2.46. The van der Waals surface area contributed by atoms with Crippen LogP contribution in [-0.2, 0) is 0 Å². The molecule has 0 radical (unpaired) electrons. The van der Waals surface area contributed by atoms with Gasteiger partial charge in [-0.05, 0) is 31.2 Å². The number of halogens is 1. The molecule has 1 atom stereocenters. The summed E-state index contributed by atoms with van der Waals surface area (Å²) >= 11 is 0. The Morgan fingerprint density at radius 2 is 2.12 bits per heavy atom. The van der Waals surface area contributed by atoms with E-state index in [1.807, 2.05) is 19.1 Å². The fraction of sp³-hybridized carbons (Fsp3) is 0.250. The summed E-state index contributed by atoms with van der Waals surface area (Å²) in [5.41, 5.74) is 6.27. The Hall–Kier alpha value is -1.68. The molecule has 0 bridgehead atoms. The van der Waals surface area contributed by atoms with Gasteiger partial charge in [-0.3, -0.25) is 0 Å². The van der Waals surface area contributed by atoms with Crippen molar-refractivity contribution in [3.8, 4) is 0 Å². The van der Waals surface area contributed by atoms with E-state index in [-0.39, 0.29) is 11.9 Å². The lowest BCUT2D eigenvalue weighted by Crippen LogP contribution is -2.25. The predicted octanol–water partition coefficient (Wildman–Crippen LogP) is 2.13. The van der Waals surface area contributed by atoms with E-state index >= 15 is 0 Å². The number of hydrogen-bond donors (Lipinski definition) is 2. The van der Waals surface area contributed by atoms with Gasteiger partial charge in [0.1, 0.15) is 11.6 Å². The van der Waals surface area contributed by atoms with E-state index in [0.717, 1.165) is 11.2 Å². The minimum Gasteiger partial charge on any atom is -0.369 e. The third-order valence-corrected chi connectivity index (χ3v) is 2.26. The molecule has 0 aliphatic heterocycles. The van der Waals surface area contributed by atoms with Gasteiger partial charge in [0.2, 0.25) is 0 Å². The fourth-order valence-corrected chi connectivity index (χ4v) is 1.45. The summed E-state index contributed by atoms with van der Waals surface area (Å²) < 4.78 is 13.0.